The number of nitrogens with zero attached hydrogens (tertiary/aromatic N) is 3. The van der Waals surface area contributed by atoms with Crippen molar-refractivity contribution in [2.45, 2.75) is 19.3 Å². The molecule has 0 unspecified atom stereocenters. The summed E-state index contributed by atoms with van der Waals surface area (Å²) in [5, 5.41) is 2.16. The van der Waals surface area contributed by atoms with Gasteiger partial charge in [0.05, 0.1) is 0 Å². The van der Waals surface area contributed by atoms with E-state index in [2.05, 4.69) is 86.6 Å². The molecular weight excluding hydrogens is 562 g/mol. The average Bonchev–Trinajstić information content (AvgIpc) is 3.59. The van der Waals surface area contributed by atoms with Gasteiger partial charge in [0, 0.05) is 32.9 Å². The Morgan fingerprint density at radius 2 is 0.978 bits per heavy atom. The Kier molecular flexibility index (Phi) is 5.81. The second kappa shape index (κ2) is 10.1. The maximum absolute atomic E-state index is 6.41. The lowest BCUT2D eigenvalue weighted by Gasteiger charge is -2.22. The molecule has 2 heterocycles. The fourth-order valence-electron chi connectivity index (χ4n) is 6.92. The molecule has 2 aromatic heterocycles. The second-order valence-electron chi connectivity index (χ2n) is 12.5. The van der Waals surface area contributed by atoms with Crippen molar-refractivity contribution in [2.24, 2.45) is 0 Å². The number of rotatable bonds is 4. The maximum atomic E-state index is 6.41. The molecule has 0 aliphatic heterocycles. The third kappa shape index (κ3) is 4.18. The van der Waals surface area contributed by atoms with Crippen LogP contribution in [0.5, 0.6) is 0 Å². The molecule has 0 saturated carbocycles. The molecule has 218 valence electrons. The van der Waals surface area contributed by atoms with E-state index in [0.717, 1.165) is 38.6 Å². The van der Waals surface area contributed by atoms with Gasteiger partial charge in [0.2, 0.25) is 0 Å². The maximum Gasteiger partial charge on any atom is 0.164 e. The Balaban J connectivity index is 1.13. The molecule has 4 nitrogen and oxygen atoms in total. The van der Waals surface area contributed by atoms with Crippen LogP contribution < -0.4 is 0 Å². The summed E-state index contributed by atoms with van der Waals surface area (Å²) in [6, 6.07) is 48.5. The Morgan fingerprint density at radius 1 is 0.413 bits per heavy atom. The predicted molar refractivity (Wildman–Crippen MR) is 186 cm³/mol. The van der Waals surface area contributed by atoms with Gasteiger partial charge >= 0.3 is 0 Å². The van der Waals surface area contributed by atoms with Gasteiger partial charge in [0.15, 0.2) is 17.5 Å². The first kappa shape index (κ1) is 26.5. The number of benzene rings is 6. The summed E-state index contributed by atoms with van der Waals surface area (Å²) in [6.07, 6.45) is 0. The largest absolute Gasteiger partial charge is 0.456 e. The van der Waals surface area contributed by atoms with Gasteiger partial charge < -0.3 is 4.42 Å². The summed E-state index contributed by atoms with van der Waals surface area (Å²) in [5.74, 6) is 1.89. The molecule has 1 aliphatic carbocycles. The molecule has 0 saturated heterocycles. The van der Waals surface area contributed by atoms with Gasteiger partial charge in [-0.05, 0) is 63.7 Å². The summed E-state index contributed by atoms with van der Waals surface area (Å²) < 4.78 is 6.41. The van der Waals surface area contributed by atoms with Crippen molar-refractivity contribution in [1.82, 2.24) is 15.0 Å². The molecular formula is C42H29N3O. The molecule has 46 heavy (non-hydrogen) atoms. The van der Waals surface area contributed by atoms with Crippen molar-refractivity contribution in [1.29, 1.82) is 0 Å². The first-order valence-electron chi connectivity index (χ1n) is 15.6. The van der Waals surface area contributed by atoms with Crippen molar-refractivity contribution >= 4 is 21.9 Å². The summed E-state index contributed by atoms with van der Waals surface area (Å²) in [4.78, 5) is 14.6. The van der Waals surface area contributed by atoms with E-state index in [9.17, 15) is 0 Å². The molecule has 8 aromatic rings. The number of hydrogen-bond donors (Lipinski definition) is 0. The third-order valence-electron chi connectivity index (χ3n) is 9.35. The third-order valence-corrected chi connectivity index (χ3v) is 9.35. The number of furan rings is 1. The molecule has 9 rings (SSSR count). The van der Waals surface area contributed by atoms with Gasteiger partial charge in [0.25, 0.3) is 0 Å². The van der Waals surface area contributed by atoms with Crippen molar-refractivity contribution in [3.8, 4) is 56.4 Å². The van der Waals surface area contributed by atoms with Gasteiger partial charge in [-0.15, -0.1) is 0 Å². The topological polar surface area (TPSA) is 51.8 Å². The van der Waals surface area contributed by atoms with Crippen LogP contribution in [0.4, 0.5) is 0 Å². The minimum absolute atomic E-state index is 0.0411. The zero-order chi connectivity index (χ0) is 30.8. The van der Waals surface area contributed by atoms with Crippen molar-refractivity contribution in [2.75, 3.05) is 0 Å². The lowest BCUT2D eigenvalue weighted by atomic mass is 9.81. The Hall–Kier alpha value is -5.87. The molecule has 0 radical (unpaired) electrons. The molecule has 0 bridgehead atoms. The standard InChI is InChI=1S/C42H29N3O/c1-42(2)35-16-10-9-15-31(35)32-20-17-29(24-36(32)42)28-19-22-37-34(23-28)33-21-18-30(25-38(33)46-37)41-44-39(26-11-5-3-6-12-26)43-40(45-41)27-13-7-4-8-14-27/h3-25H,1-2H3. The van der Waals surface area contributed by atoms with E-state index >= 15 is 0 Å². The molecule has 0 amide bonds. The monoisotopic (exact) mass is 591 g/mol. The van der Waals surface area contributed by atoms with Crippen LogP contribution in [0.25, 0.3) is 78.4 Å². The van der Waals surface area contributed by atoms with E-state index in [4.69, 9.17) is 19.4 Å². The number of aromatic nitrogens is 3. The highest BCUT2D eigenvalue weighted by Gasteiger charge is 2.35. The highest BCUT2D eigenvalue weighted by Crippen LogP contribution is 2.49. The van der Waals surface area contributed by atoms with Crippen molar-refractivity contribution in [3.05, 3.63) is 151 Å². The van der Waals surface area contributed by atoms with Gasteiger partial charge in [-0.2, -0.15) is 0 Å². The lowest BCUT2D eigenvalue weighted by Crippen LogP contribution is -2.14. The van der Waals surface area contributed by atoms with Gasteiger partial charge in [0.1, 0.15) is 11.2 Å². The van der Waals surface area contributed by atoms with Crippen LogP contribution in [0, 0.1) is 0 Å². The smallest absolute Gasteiger partial charge is 0.164 e. The van der Waals surface area contributed by atoms with E-state index in [-0.39, 0.29) is 5.41 Å². The summed E-state index contributed by atoms with van der Waals surface area (Å²) in [7, 11) is 0. The van der Waals surface area contributed by atoms with Crippen LogP contribution in [0.15, 0.2) is 144 Å². The minimum Gasteiger partial charge on any atom is -0.456 e. The summed E-state index contributed by atoms with van der Waals surface area (Å²) in [6.45, 7) is 4.65. The van der Waals surface area contributed by atoms with Gasteiger partial charge in [-0.25, -0.2) is 15.0 Å². The lowest BCUT2D eigenvalue weighted by molar-refractivity contribution is 0.660. The van der Waals surface area contributed by atoms with Gasteiger partial charge in [-0.1, -0.05) is 123 Å². The first-order valence-corrected chi connectivity index (χ1v) is 15.6. The molecule has 0 N–H and O–H groups in total. The normalized spacial score (nSPS) is 13.2. The molecule has 0 fully saturated rings. The van der Waals surface area contributed by atoms with Crippen LogP contribution in [-0.4, -0.2) is 15.0 Å². The van der Waals surface area contributed by atoms with E-state index in [1.165, 1.54) is 33.4 Å². The van der Waals surface area contributed by atoms with Crippen molar-refractivity contribution in [3.63, 3.8) is 0 Å². The number of hydrogen-bond acceptors (Lipinski definition) is 4. The quantitative estimate of drug-likeness (QED) is 0.204. The molecule has 6 aromatic carbocycles. The molecule has 0 atom stereocenters. The number of fused-ring (bicyclic) bond motifs is 6. The highest BCUT2D eigenvalue weighted by molar-refractivity contribution is 6.07. The highest BCUT2D eigenvalue weighted by atomic mass is 16.3. The first-order chi connectivity index (χ1) is 22.5. The Bertz CT molecular complexity index is 2380. The Labute approximate surface area is 267 Å². The zero-order valence-corrected chi connectivity index (χ0v) is 25.5. The van der Waals surface area contributed by atoms with Crippen LogP contribution in [0.3, 0.4) is 0 Å². The van der Waals surface area contributed by atoms with E-state index in [1.54, 1.807) is 0 Å². The molecule has 1 aliphatic rings. The van der Waals surface area contributed by atoms with Crippen LogP contribution in [0.2, 0.25) is 0 Å². The summed E-state index contributed by atoms with van der Waals surface area (Å²) in [5.41, 5.74) is 12.2. The van der Waals surface area contributed by atoms with Crippen molar-refractivity contribution < 1.29 is 4.42 Å². The van der Waals surface area contributed by atoms with E-state index in [1.807, 2.05) is 66.7 Å². The van der Waals surface area contributed by atoms with Crippen LogP contribution in [-0.2, 0) is 5.41 Å². The second-order valence-corrected chi connectivity index (χ2v) is 12.5. The van der Waals surface area contributed by atoms with Crippen LogP contribution >= 0.6 is 0 Å². The zero-order valence-electron chi connectivity index (χ0n) is 25.5. The fourth-order valence-corrected chi connectivity index (χ4v) is 6.92. The van der Waals surface area contributed by atoms with E-state index < -0.39 is 0 Å². The summed E-state index contributed by atoms with van der Waals surface area (Å²) >= 11 is 0. The minimum atomic E-state index is -0.0411. The van der Waals surface area contributed by atoms with Gasteiger partial charge in [-0.3, -0.25) is 0 Å². The average molecular weight is 592 g/mol. The van der Waals surface area contributed by atoms with E-state index in [0.29, 0.717) is 17.5 Å². The fraction of sp³-hybridized carbons (Fsp3) is 0.0714. The Morgan fingerprint density at radius 3 is 1.70 bits per heavy atom. The SMILES string of the molecule is CC1(C)c2ccccc2-c2ccc(-c3ccc4oc5cc(-c6nc(-c7ccccc7)nc(-c7ccccc7)n6)ccc5c4c3)cc21. The predicted octanol–water partition coefficient (Wildman–Crippen LogP) is 10.7. The molecule has 0 spiro atoms. The molecule has 4 heteroatoms. The van der Waals surface area contributed by atoms with Crippen LogP contribution in [0.1, 0.15) is 25.0 Å².